The Morgan fingerprint density at radius 1 is 1.36 bits per heavy atom. The van der Waals surface area contributed by atoms with Crippen molar-refractivity contribution in [3.8, 4) is 5.75 Å². The molecule has 0 bridgehead atoms. The first kappa shape index (κ1) is 16.8. The van der Waals surface area contributed by atoms with E-state index in [4.69, 9.17) is 9.47 Å². The molecule has 1 aromatic carbocycles. The molecule has 1 amide bonds. The highest BCUT2D eigenvalue weighted by atomic mass is 32.2. The number of methoxy groups -OCH3 is 1. The second kappa shape index (κ2) is 7.11. The summed E-state index contributed by atoms with van der Waals surface area (Å²) in [6.45, 7) is 3.24. The van der Waals surface area contributed by atoms with E-state index in [1.165, 1.54) is 14.0 Å². The Hall–Kier alpha value is -1.60. The summed E-state index contributed by atoms with van der Waals surface area (Å²) in [7, 11) is -2.05. The van der Waals surface area contributed by atoms with E-state index in [0.29, 0.717) is 37.6 Å². The maximum atomic E-state index is 12.5. The maximum absolute atomic E-state index is 12.5. The number of amides is 1. The first-order chi connectivity index (χ1) is 10.4. The van der Waals surface area contributed by atoms with Crippen molar-refractivity contribution >= 4 is 15.7 Å². The molecular formula is C15H21NO5S. The minimum Gasteiger partial charge on any atom is -0.497 e. The number of ether oxygens (including phenoxy) is 2. The van der Waals surface area contributed by atoms with Crippen molar-refractivity contribution in [1.82, 2.24) is 4.90 Å². The lowest BCUT2D eigenvalue weighted by Gasteiger charge is -2.29. The third-order valence-corrected chi connectivity index (χ3v) is 5.73. The second-order valence-electron chi connectivity index (χ2n) is 5.24. The summed E-state index contributed by atoms with van der Waals surface area (Å²) in [6.07, 6.45) is 0. The van der Waals surface area contributed by atoms with Gasteiger partial charge < -0.3 is 14.4 Å². The van der Waals surface area contributed by atoms with Crippen molar-refractivity contribution in [1.29, 1.82) is 0 Å². The van der Waals surface area contributed by atoms with Gasteiger partial charge in [-0.25, -0.2) is 8.42 Å². The van der Waals surface area contributed by atoms with Gasteiger partial charge in [-0.15, -0.1) is 0 Å². The molecule has 0 unspecified atom stereocenters. The van der Waals surface area contributed by atoms with Crippen LogP contribution in [0.15, 0.2) is 24.3 Å². The zero-order chi connectivity index (χ0) is 16.2. The van der Waals surface area contributed by atoms with Gasteiger partial charge in [0.2, 0.25) is 5.91 Å². The van der Waals surface area contributed by atoms with Crippen molar-refractivity contribution in [3.63, 3.8) is 0 Å². The molecule has 1 atom stereocenters. The number of rotatable bonds is 5. The average Bonchev–Trinajstić information content (AvgIpc) is 2.54. The Balaban J connectivity index is 2.09. The van der Waals surface area contributed by atoms with E-state index in [0.717, 1.165) is 0 Å². The van der Waals surface area contributed by atoms with Gasteiger partial charge in [-0.05, 0) is 24.6 Å². The molecule has 0 spiro atoms. The number of carbonyl (C=O) groups is 1. The van der Waals surface area contributed by atoms with Crippen molar-refractivity contribution in [2.45, 2.75) is 17.9 Å². The highest BCUT2D eigenvalue weighted by molar-refractivity contribution is 7.92. The molecule has 1 aliphatic heterocycles. The van der Waals surface area contributed by atoms with Gasteiger partial charge in [0.05, 0.1) is 26.1 Å². The fourth-order valence-corrected chi connectivity index (χ4v) is 3.66. The first-order valence-corrected chi connectivity index (χ1v) is 8.86. The van der Waals surface area contributed by atoms with Gasteiger partial charge in [0.15, 0.2) is 9.84 Å². The molecule has 0 N–H and O–H groups in total. The molecule has 2 rings (SSSR count). The molecule has 1 aliphatic rings. The summed E-state index contributed by atoms with van der Waals surface area (Å²) in [6, 6.07) is 6.87. The molecule has 7 heteroatoms. The van der Waals surface area contributed by atoms with E-state index in [1.54, 1.807) is 29.2 Å². The van der Waals surface area contributed by atoms with Crippen LogP contribution in [-0.2, 0) is 25.1 Å². The topological polar surface area (TPSA) is 72.9 Å². The van der Waals surface area contributed by atoms with Gasteiger partial charge in [-0.2, -0.15) is 0 Å². The zero-order valence-electron chi connectivity index (χ0n) is 12.8. The molecule has 1 aromatic rings. The van der Waals surface area contributed by atoms with Crippen LogP contribution in [0.1, 0.15) is 12.5 Å². The molecule has 1 saturated heterocycles. The van der Waals surface area contributed by atoms with Crippen LogP contribution in [0.25, 0.3) is 0 Å². The quantitative estimate of drug-likeness (QED) is 0.802. The van der Waals surface area contributed by atoms with Gasteiger partial charge in [0.25, 0.3) is 0 Å². The number of nitrogens with zero attached hydrogens (tertiary/aromatic N) is 1. The second-order valence-corrected chi connectivity index (χ2v) is 7.56. The minimum atomic E-state index is -3.57. The van der Waals surface area contributed by atoms with Crippen molar-refractivity contribution in [3.05, 3.63) is 29.8 Å². The SMILES string of the molecule is COc1cccc(CS(=O)(=O)[C@H](C)C(=O)N2CCOCC2)c1. The van der Waals surface area contributed by atoms with Crippen LogP contribution in [0.5, 0.6) is 5.75 Å². The van der Waals surface area contributed by atoms with Crippen LogP contribution in [0.4, 0.5) is 0 Å². The van der Waals surface area contributed by atoms with Gasteiger partial charge in [-0.1, -0.05) is 12.1 Å². The van der Waals surface area contributed by atoms with Crippen molar-refractivity contribution in [2.24, 2.45) is 0 Å². The fourth-order valence-electron chi connectivity index (χ4n) is 2.31. The highest BCUT2D eigenvalue weighted by Gasteiger charge is 2.32. The van der Waals surface area contributed by atoms with Crippen LogP contribution in [-0.4, -0.2) is 57.9 Å². The largest absolute Gasteiger partial charge is 0.497 e. The van der Waals surface area contributed by atoms with Gasteiger partial charge in [-0.3, -0.25) is 4.79 Å². The molecule has 0 aliphatic carbocycles. The molecule has 6 nitrogen and oxygen atoms in total. The minimum absolute atomic E-state index is 0.179. The number of benzene rings is 1. The molecular weight excluding hydrogens is 306 g/mol. The number of carbonyl (C=O) groups excluding carboxylic acids is 1. The summed E-state index contributed by atoms with van der Waals surface area (Å²) in [4.78, 5) is 13.9. The van der Waals surface area contributed by atoms with E-state index in [-0.39, 0.29) is 11.7 Å². The predicted molar refractivity (Wildman–Crippen MR) is 82.5 cm³/mol. The van der Waals surface area contributed by atoms with Crippen LogP contribution >= 0.6 is 0 Å². The summed E-state index contributed by atoms with van der Waals surface area (Å²) < 4.78 is 35.2. The van der Waals surface area contributed by atoms with Crippen LogP contribution < -0.4 is 4.74 Å². The lowest BCUT2D eigenvalue weighted by atomic mass is 10.2. The van der Waals surface area contributed by atoms with E-state index >= 15 is 0 Å². The fraction of sp³-hybridized carbons (Fsp3) is 0.533. The summed E-state index contributed by atoms with van der Waals surface area (Å²) in [5, 5.41) is -1.06. The van der Waals surface area contributed by atoms with Gasteiger partial charge >= 0.3 is 0 Å². The van der Waals surface area contributed by atoms with Crippen LogP contribution in [0.3, 0.4) is 0 Å². The predicted octanol–water partition coefficient (Wildman–Crippen LogP) is 0.857. The summed E-state index contributed by atoms with van der Waals surface area (Å²) in [5.41, 5.74) is 0.612. The summed E-state index contributed by atoms with van der Waals surface area (Å²) in [5.74, 6) is 0.0626. The third-order valence-electron chi connectivity index (χ3n) is 3.71. The Morgan fingerprint density at radius 3 is 2.68 bits per heavy atom. The van der Waals surface area contributed by atoms with Crippen molar-refractivity contribution in [2.75, 3.05) is 33.4 Å². The molecule has 1 heterocycles. The van der Waals surface area contributed by atoms with Crippen LogP contribution in [0, 0.1) is 0 Å². The number of sulfone groups is 1. The molecule has 0 aromatic heterocycles. The van der Waals surface area contributed by atoms with E-state index in [9.17, 15) is 13.2 Å². The third kappa shape index (κ3) is 3.98. The molecule has 22 heavy (non-hydrogen) atoms. The highest BCUT2D eigenvalue weighted by Crippen LogP contribution is 2.18. The molecule has 0 saturated carbocycles. The number of morpholine rings is 1. The normalized spacial score (nSPS) is 17.1. The van der Waals surface area contributed by atoms with Crippen LogP contribution in [0.2, 0.25) is 0 Å². The Kier molecular flexibility index (Phi) is 5.42. The Bertz CT molecular complexity index is 623. The van der Waals surface area contributed by atoms with Crippen molar-refractivity contribution < 1.29 is 22.7 Å². The van der Waals surface area contributed by atoms with E-state index in [2.05, 4.69) is 0 Å². The molecule has 1 fully saturated rings. The maximum Gasteiger partial charge on any atom is 0.240 e. The molecule has 0 radical (unpaired) electrons. The van der Waals surface area contributed by atoms with Gasteiger partial charge in [0, 0.05) is 13.1 Å². The first-order valence-electron chi connectivity index (χ1n) is 7.15. The average molecular weight is 327 g/mol. The van der Waals surface area contributed by atoms with Gasteiger partial charge in [0.1, 0.15) is 11.0 Å². The summed E-state index contributed by atoms with van der Waals surface area (Å²) >= 11 is 0. The smallest absolute Gasteiger partial charge is 0.240 e. The van der Waals surface area contributed by atoms with E-state index < -0.39 is 15.1 Å². The Labute approximate surface area is 130 Å². The number of hydrogen-bond donors (Lipinski definition) is 0. The lowest BCUT2D eigenvalue weighted by Crippen LogP contribution is -2.47. The Morgan fingerprint density at radius 2 is 2.05 bits per heavy atom. The number of hydrogen-bond acceptors (Lipinski definition) is 5. The lowest BCUT2D eigenvalue weighted by molar-refractivity contribution is -0.134. The zero-order valence-corrected chi connectivity index (χ0v) is 13.6. The monoisotopic (exact) mass is 327 g/mol. The standard InChI is InChI=1S/C15H21NO5S/c1-12(15(17)16-6-8-21-9-7-16)22(18,19)11-13-4-3-5-14(10-13)20-2/h3-5,10,12H,6-9,11H2,1-2H3/t12-/m1/s1. The molecule has 122 valence electrons. The van der Waals surface area contributed by atoms with E-state index in [1.807, 2.05) is 0 Å².